The van der Waals surface area contributed by atoms with E-state index < -0.39 is 0 Å². The summed E-state index contributed by atoms with van der Waals surface area (Å²) in [5, 5.41) is 1.33. The van der Waals surface area contributed by atoms with Crippen LogP contribution in [-0.4, -0.2) is 0 Å². The summed E-state index contributed by atoms with van der Waals surface area (Å²) in [5.41, 5.74) is 1.78. The molecule has 88 valence electrons. The molecule has 0 spiro atoms. The van der Waals surface area contributed by atoms with E-state index in [1.54, 1.807) is 0 Å². The molecular weight excluding hydrogens is 239 g/mol. The summed E-state index contributed by atoms with van der Waals surface area (Å²) in [7, 11) is 0. The van der Waals surface area contributed by atoms with Gasteiger partial charge in [0.25, 0.3) is 0 Å². The van der Waals surface area contributed by atoms with Gasteiger partial charge >= 0.3 is 0 Å². The molecule has 2 unspecified atom stereocenters. The molecule has 1 fully saturated rings. The van der Waals surface area contributed by atoms with E-state index in [4.69, 9.17) is 23.2 Å². The predicted octanol–water partition coefficient (Wildman–Crippen LogP) is 5.53. The van der Waals surface area contributed by atoms with Crippen molar-refractivity contribution in [2.75, 3.05) is 0 Å². The summed E-state index contributed by atoms with van der Waals surface area (Å²) in [6.07, 6.45) is 2.59. The second-order valence-corrected chi connectivity index (χ2v) is 6.86. The van der Waals surface area contributed by atoms with E-state index in [0.717, 1.165) is 5.92 Å². The van der Waals surface area contributed by atoms with Gasteiger partial charge < -0.3 is 0 Å². The van der Waals surface area contributed by atoms with E-state index in [9.17, 15) is 0 Å². The number of hydrogen-bond acceptors (Lipinski definition) is 0. The molecule has 0 aliphatic heterocycles. The Balaban J connectivity index is 2.03. The molecule has 2 atom stereocenters. The lowest BCUT2D eigenvalue weighted by Crippen LogP contribution is -2.06. The van der Waals surface area contributed by atoms with Crippen molar-refractivity contribution < 1.29 is 0 Å². The van der Waals surface area contributed by atoms with Crippen LogP contribution in [0.5, 0.6) is 0 Å². The quantitative estimate of drug-likeness (QED) is 0.653. The number of rotatable bonds is 2. The molecule has 0 radical (unpaired) electrons. The third kappa shape index (κ3) is 2.93. The first kappa shape index (κ1) is 12.3. The van der Waals surface area contributed by atoms with Crippen LogP contribution < -0.4 is 0 Å². The van der Waals surface area contributed by atoms with Crippen molar-refractivity contribution in [3.05, 3.63) is 33.8 Å². The van der Waals surface area contributed by atoms with Crippen molar-refractivity contribution >= 4 is 23.2 Å². The zero-order valence-corrected chi connectivity index (χ0v) is 11.6. The highest BCUT2D eigenvalue weighted by molar-refractivity contribution is 6.42. The Labute approximate surface area is 108 Å². The van der Waals surface area contributed by atoms with Gasteiger partial charge in [-0.1, -0.05) is 50.0 Å². The van der Waals surface area contributed by atoms with Crippen LogP contribution in [0.1, 0.15) is 45.1 Å². The maximum atomic E-state index is 6.03. The lowest BCUT2D eigenvalue weighted by Gasteiger charge is -2.17. The molecule has 1 aliphatic carbocycles. The Hall–Kier alpha value is -0.200. The van der Waals surface area contributed by atoms with E-state index in [2.05, 4.69) is 26.8 Å². The van der Waals surface area contributed by atoms with Gasteiger partial charge in [0.1, 0.15) is 0 Å². The van der Waals surface area contributed by atoms with Crippen molar-refractivity contribution in [1.29, 1.82) is 0 Å². The molecular formula is C14H18Cl2. The Morgan fingerprint density at radius 1 is 1.19 bits per heavy atom. The summed E-state index contributed by atoms with van der Waals surface area (Å²) in [6, 6.07) is 6.05. The average molecular weight is 257 g/mol. The van der Waals surface area contributed by atoms with Crippen LogP contribution in [0.3, 0.4) is 0 Å². The van der Waals surface area contributed by atoms with Crippen molar-refractivity contribution in [1.82, 2.24) is 0 Å². The van der Waals surface area contributed by atoms with Gasteiger partial charge in [-0.25, -0.2) is 0 Å². The summed E-state index contributed by atoms with van der Waals surface area (Å²) in [5.74, 6) is 1.53. The Bertz CT molecular complexity index is 390. The standard InChI is InChI=1S/C14H18Cl2/c1-14(2,3)8-10-6-11(10)9-4-5-12(15)13(16)7-9/h4-5,7,10-11H,6,8H2,1-3H3. The minimum Gasteiger partial charge on any atom is -0.0827 e. The highest BCUT2D eigenvalue weighted by atomic mass is 35.5. The van der Waals surface area contributed by atoms with Crippen LogP contribution in [0.15, 0.2) is 18.2 Å². The fourth-order valence-electron chi connectivity index (χ4n) is 2.41. The first-order valence-electron chi connectivity index (χ1n) is 5.82. The highest BCUT2D eigenvalue weighted by Gasteiger charge is 2.40. The molecule has 2 rings (SSSR count). The van der Waals surface area contributed by atoms with E-state index in [1.165, 1.54) is 18.4 Å². The van der Waals surface area contributed by atoms with E-state index in [-0.39, 0.29) is 0 Å². The van der Waals surface area contributed by atoms with Gasteiger partial charge in [0.2, 0.25) is 0 Å². The molecule has 16 heavy (non-hydrogen) atoms. The smallest absolute Gasteiger partial charge is 0.0595 e. The Morgan fingerprint density at radius 2 is 1.88 bits per heavy atom. The third-order valence-corrected chi connectivity index (χ3v) is 3.91. The van der Waals surface area contributed by atoms with Crippen LogP contribution in [0.2, 0.25) is 10.0 Å². The van der Waals surface area contributed by atoms with Gasteiger partial charge in [0.05, 0.1) is 10.0 Å². The maximum Gasteiger partial charge on any atom is 0.0595 e. The van der Waals surface area contributed by atoms with Crippen molar-refractivity contribution in [2.24, 2.45) is 11.3 Å². The minimum atomic E-state index is 0.426. The van der Waals surface area contributed by atoms with E-state index >= 15 is 0 Å². The first-order chi connectivity index (χ1) is 7.37. The Morgan fingerprint density at radius 3 is 2.44 bits per heavy atom. The molecule has 0 nitrogen and oxygen atoms in total. The van der Waals surface area contributed by atoms with Crippen LogP contribution in [-0.2, 0) is 0 Å². The molecule has 1 aromatic rings. The molecule has 1 saturated carbocycles. The summed E-state index contributed by atoms with van der Waals surface area (Å²) in [4.78, 5) is 0. The van der Waals surface area contributed by atoms with Gasteiger partial charge in [-0.15, -0.1) is 0 Å². The maximum absolute atomic E-state index is 6.03. The predicted molar refractivity (Wildman–Crippen MR) is 71.4 cm³/mol. The lowest BCUT2D eigenvalue weighted by atomic mass is 9.88. The second-order valence-electron chi connectivity index (χ2n) is 6.04. The zero-order valence-electron chi connectivity index (χ0n) is 10.1. The molecule has 0 saturated heterocycles. The fourth-order valence-corrected chi connectivity index (χ4v) is 2.72. The van der Waals surface area contributed by atoms with Crippen LogP contribution in [0, 0.1) is 11.3 Å². The Kier molecular flexibility index (Phi) is 3.25. The van der Waals surface area contributed by atoms with Gasteiger partial charge in [0.15, 0.2) is 0 Å². The van der Waals surface area contributed by atoms with Crippen molar-refractivity contribution in [3.63, 3.8) is 0 Å². The number of hydrogen-bond donors (Lipinski definition) is 0. The summed E-state index contributed by atoms with van der Waals surface area (Å²) < 4.78 is 0. The molecule has 1 aliphatic rings. The van der Waals surface area contributed by atoms with Crippen LogP contribution in [0.25, 0.3) is 0 Å². The number of halogens is 2. The van der Waals surface area contributed by atoms with Gasteiger partial charge in [0, 0.05) is 0 Å². The van der Waals surface area contributed by atoms with Gasteiger partial charge in [-0.2, -0.15) is 0 Å². The topological polar surface area (TPSA) is 0 Å². The highest BCUT2D eigenvalue weighted by Crippen LogP contribution is 2.53. The second kappa shape index (κ2) is 4.23. The van der Waals surface area contributed by atoms with Gasteiger partial charge in [-0.05, 0) is 47.8 Å². The van der Waals surface area contributed by atoms with E-state index in [1.807, 2.05) is 12.1 Å². The lowest BCUT2D eigenvalue weighted by molar-refractivity contribution is 0.350. The van der Waals surface area contributed by atoms with Crippen LogP contribution in [0.4, 0.5) is 0 Å². The molecule has 0 bridgehead atoms. The molecule has 1 aromatic carbocycles. The monoisotopic (exact) mass is 256 g/mol. The molecule has 2 heteroatoms. The number of benzene rings is 1. The molecule has 0 N–H and O–H groups in total. The minimum absolute atomic E-state index is 0.426. The van der Waals surface area contributed by atoms with E-state index in [0.29, 0.717) is 21.4 Å². The largest absolute Gasteiger partial charge is 0.0827 e. The zero-order chi connectivity index (χ0) is 11.9. The average Bonchev–Trinajstić information content (AvgIpc) is 2.86. The molecule has 0 heterocycles. The summed E-state index contributed by atoms with van der Waals surface area (Å²) >= 11 is 12.0. The third-order valence-electron chi connectivity index (χ3n) is 3.17. The van der Waals surface area contributed by atoms with Crippen LogP contribution >= 0.6 is 23.2 Å². The fraction of sp³-hybridized carbons (Fsp3) is 0.571. The molecule has 0 amide bonds. The SMILES string of the molecule is CC(C)(C)CC1CC1c1ccc(Cl)c(Cl)c1. The summed E-state index contributed by atoms with van der Waals surface area (Å²) in [6.45, 7) is 6.91. The van der Waals surface area contributed by atoms with Gasteiger partial charge in [-0.3, -0.25) is 0 Å². The first-order valence-corrected chi connectivity index (χ1v) is 6.57. The van der Waals surface area contributed by atoms with Crippen molar-refractivity contribution in [3.8, 4) is 0 Å². The molecule has 0 aromatic heterocycles. The normalized spacial score (nSPS) is 24.6. The van der Waals surface area contributed by atoms with Crippen molar-refractivity contribution in [2.45, 2.75) is 39.5 Å².